The van der Waals surface area contributed by atoms with E-state index in [0.29, 0.717) is 22.0 Å². The van der Waals surface area contributed by atoms with Crippen LogP contribution in [0.5, 0.6) is 0 Å². The molecule has 0 aliphatic heterocycles. The van der Waals surface area contributed by atoms with Crippen molar-refractivity contribution >= 4 is 16.7 Å². The Bertz CT molecular complexity index is 913. The number of fused-ring (bicyclic) bond motifs is 1. The molecule has 0 aliphatic rings. The predicted octanol–water partition coefficient (Wildman–Crippen LogP) is 2.92. The van der Waals surface area contributed by atoms with Crippen LogP contribution >= 0.6 is 0 Å². The molecule has 0 N–H and O–H groups in total. The zero-order valence-electron chi connectivity index (χ0n) is 11.7. The highest BCUT2D eigenvalue weighted by Gasteiger charge is 2.09. The number of aromatic nitrogens is 1. The van der Waals surface area contributed by atoms with Gasteiger partial charge in [-0.1, -0.05) is 0 Å². The van der Waals surface area contributed by atoms with E-state index >= 15 is 0 Å². The molecular weight excluding hydrogens is 285 g/mol. The fourth-order valence-electron chi connectivity index (χ4n) is 2.30. The predicted molar refractivity (Wildman–Crippen MR) is 80.8 cm³/mol. The van der Waals surface area contributed by atoms with E-state index in [1.807, 2.05) is 0 Å². The van der Waals surface area contributed by atoms with Gasteiger partial charge in [0, 0.05) is 17.3 Å². The van der Waals surface area contributed by atoms with Crippen molar-refractivity contribution in [2.75, 3.05) is 7.11 Å². The molecule has 0 saturated heterocycles. The lowest BCUT2D eigenvalue weighted by molar-refractivity contribution is 0.0601. The van der Waals surface area contributed by atoms with Crippen LogP contribution in [0.3, 0.4) is 0 Å². The van der Waals surface area contributed by atoms with E-state index in [0.717, 1.165) is 0 Å². The molecule has 2 aromatic carbocycles. The highest BCUT2D eigenvalue weighted by Crippen LogP contribution is 2.15. The van der Waals surface area contributed by atoms with E-state index in [9.17, 15) is 14.0 Å². The van der Waals surface area contributed by atoms with Gasteiger partial charge in [-0.25, -0.2) is 9.18 Å². The van der Waals surface area contributed by atoms with E-state index in [-0.39, 0.29) is 11.4 Å². The molecule has 0 radical (unpaired) electrons. The summed E-state index contributed by atoms with van der Waals surface area (Å²) in [6, 6.07) is 12.1. The average Bonchev–Trinajstić information content (AvgIpc) is 2.55. The fourth-order valence-corrected chi connectivity index (χ4v) is 2.30. The lowest BCUT2D eigenvalue weighted by atomic mass is 10.1. The van der Waals surface area contributed by atoms with E-state index in [4.69, 9.17) is 0 Å². The van der Waals surface area contributed by atoms with Crippen molar-refractivity contribution < 1.29 is 13.9 Å². The zero-order valence-corrected chi connectivity index (χ0v) is 11.7. The molecule has 0 aliphatic carbocycles. The third-order valence-electron chi connectivity index (χ3n) is 3.43. The van der Waals surface area contributed by atoms with Crippen molar-refractivity contribution in [3.05, 3.63) is 76.5 Å². The highest BCUT2D eigenvalue weighted by atomic mass is 19.1. The number of carbonyl (C=O) groups is 1. The Morgan fingerprint density at radius 2 is 1.82 bits per heavy atom. The molecule has 1 heterocycles. The zero-order chi connectivity index (χ0) is 15.7. The quantitative estimate of drug-likeness (QED) is 0.683. The van der Waals surface area contributed by atoms with Gasteiger partial charge in [0.2, 0.25) is 0 Å². The van der Waals surface area contributed by atoms with E-state index < -0.39 is 5.97 Å². The minimum absolute atomic E-state index is 0.236. The number of hydrogen-bond donors (Lipinski definition) is 0. The molecule has 0 amide bonds. The third-order valence-corrected chi connectivity index (χ3v) is 3.43. The van der Waals surface area contributed by atoms with Gasteiger partial charge in [0.05, 0.1) is 12.7 Å². The van der Waals surface area contributed by atoms with Crippen LogP contribution < -0.4 is 5.56 Å². The van der Waals surface area contributed by atoms with Gasteiger partial charge >= 0.3 is 5.97 Å². The summed E-state index contributed by atoms with van der Waals surface area (Å²) in [7, 11) is 1.30. The average molecular weight is 297 g/mol. The van der Waals surface area contributed by atoms with Crippen LogP contribution in [0.4, 0.5) is 4.39 Å². The Morgan fingerprint density at radius 1 is 1.09 bits per heavy atom. The van der Waals surface area contributed by atoms with Crippen LogP contribution in [0, 0.1) is 5.82 Å². The molecule has 4 nitrogen and oxygen atoms in total. The van der Waals surface area contributed by atoms with Gasteiger partial charge in [-0.05, 0) is 53.9 Å². The molecule has 0 fully saturated rings. The SMILES string of the molecule is COC(=O)c1ccc2c(=O)n(-c3ccc(F)cc3)ccc2c1. The summed E-state index contributed by atoms with van der Waals surface area (Å²) in [5.41, 5.74) is 0.722. The number of ether oxygens (including phenoxy) is 1. The summed E-state index contributed by atoms with van der Waals surface area (Å²) in [5.74, 6) is -0.815. The molecule has 0 atom stereocenters. The number of methoxy groups -OCH3 is 1. The molecule has 5 heteroatoms. The summed E-state index contributed by atoms with van der Waals surface area (Å²) in [6.45, 7) is 0. The summed E-state index contributed by atoms with van der Waals surface area (Å²) < 4.78 is 19.1. The van der Waals surface area contributed by atoms with E-state index in [1.54, 1.807) is 30.5 Å². The molecular formula is C17H12FNO3. The molecule has 0 spiro atoms. The smallest absolute Gasteiger partial charge is 0.337 e. The van der Waals surface area contributed by atoms with Crippen molar-refractivity contribution in [2.45, 2.75) is 0 Å². The first-order valence-corrected chi connectivity index (χ1v) is 6.60. The lowest BCUT2D eigenvalue weighted by Gasteiger charge is -2.08. The minimum Gasteiger partial charge on any atom is -0.465 e. The molecule has 1 aromatic heterocycles. The summed E-state index contributed by atoms with van der Waals surface area (Å²) in [4.78, 5) is 24.0. The van der Waals surface area contributed by atoms with Crippen LogP contribution in [0.25, 0.3) is 16.5 Å². The molecule has 110 valence electrons. The topological polar surface area (TPSA) is 48.3 Å². The number of carbonyl (C=O) groups excluding carboxylic acids is 1. The van der Waals surface area contributed by atoms with Crippen molar-refractivity contribution in [3.63, 3.8) is 0 Å². The Kier molecular flexibility index (Phi) is 3.47. The molecule has 0 unspecified atom stereocenters. The normalized spacial score (nSPS) is 10.6. The molecule has 3 aromatic rings. The van der Waals surface area contributed by atoms with Crippen molar-refractivity contribution in [3.8, 4) is 5.69 Å². The maximum absolute atomic E-state index is 13.0. The van der Waals surface area contributed by atoms with Crippen LogP contribution in [0.2, 0.25) is 0 Å². The fraction of sp³-hybridized carbons (Fsp3) is 0.0588. The van der Waals surface area contributed by atoms with Gasteiger partial charge in [0.1, 0.15) is 5.82 Å². The molecule has 22 heavy (non-hydrogen) atoms. The number of halogens is 1. The lowest BCUT2D eigenvalue weighted by Crippen LogP contribution is -2.17. The Morgan fingerprint density at radius 3 is 2.50 bits per heavy atom. The molecule has 3 rings (SSSR count). The largest absolute Gasteiger partial charge is 0.465 e. The third kappa shape index (κ3) is 2.37. The van der Waals surface area contributed by atoms with Gasteiger partial charge in [-0.3, -0.25) is 9.36 Å². The maximum atomic E-state index is 13.0. The first-order chi connectivity index (χ1) is 10.6. The maximum Gasteiger partial charge on any atom is 0.337 e. The van der Waals surface area contributed by atoms with Gasteiger partial charge in [0.25, 0.3) is 5.56 Å². The van der Waals surface area contributed by atoms with Gasteiger partial charge in [-0.2, -0.15) is 0 Å². The first-order valence-electron chi connectivity index (χ1n) is 6.60. The van der Waals surface area contributed by atoms with Crippen molar-refractivity contribution in [2.24, 2.45) is 0 Å². The standard InChI is InChI=1S/C17H12FNO3/c1-22-17(21)12-2-7-15-11(10-12)8-9-19(16(15)20)14-5-3-13(18)4-6-14/h2-10H,1H3. The number of hydrogen-bond acceptors (Lipinski definition) is 3. The number of rotatable bonds is 2. The number of pyridine rings is 1. The van der Waals surface area contributed by atoms with Gasteiger partial charge in [0.15, 0.2) is 0 Å². The number of benzene rings is 2. The Labute approximate surface area is 125 Å². The second-order valence-corrected chi connectivity index (χ2v) is 4.76. The number of esters is 1. The van der Waals surface area contributed by atoms with Gasteiger partial charge in [-0.15, -0.1) is 0 Å². The van der Waals surface area contributed by atoms with E-state index in [1.165, 1.54) is 35.9 Å². The minimum atomic E-state index is -0.454. The summed E-state index contributed by atoms with van der Waals surface area (Å²) in [6.07, 6.45) is 1.60. The highest BCUT2D eigenvalue weighted by molar-refractivity contribution is 5.95. The Balaban J connectivity index is 2.16. The second kappa shape index (κ2) is 5.44. The van der Waals surface area contributed by atoms with E-state index in [2.05, 4.69) is 4.74 Å². The van der Waals surface area contributed by atoms with Crippen LogP contribution in [0.15, 0.2) is 59.5 Å². The molecule has 0 bridgehead atoms. The summed E-state index contributed by atoms with van der Waals surface area (Å²) >= 11 is 0. The van der Waals surface area contributed by atoms with Gasteiger partial charge < -0.3 is 4.74 Å². The summed E-state index contributed by atoms with van der Waals surface area (Å²) in [5, 5.41) is 1.12. The Hall–Kier alpha value is -2.95. The number of nitrogens with zero attached hydrogens (tertiary/aromatic N) is 1. The van der Waals surface area contributed by atoms with Crippen LogP contribution in [-0.2, 0) is 4.74 Å². The van der Waals surface area contributed by atoms with Crippen LogP contribution in [0.1, 0.15) is 10.4 Å². The van der Waals surface area contributed by atoms with Crippen LogP contribution in [-0.4, -0.2) is 17.6 Å². The van der Waals surface area contributed by atoms with Crippen molar-refractivity contribution in [1.82, 2.24) is 4.57 Å². The first kappa shape index (κ1) is 14.0. The van der Waals surface area contributed by atoms with Crippen molar-refractivity contribution in [1.29, 1.82) is 0 Å². The monoisotopic (exact) mass is 297 g/mol. The second-order valence-electron chi connectivity index (χ2n) is 4.76. The molecule has 0 saturated carbocycles.